The summed E-state index contributed by atoms with van der Waals surface area (Å²) in [7, 11) is 0. The minimum atomic E-state index is 0.0726. The standard InChI is InChI=1S/C23H28ClN3S/c1-3-7-18(4-2)17-27-14-6-13-25-22(19-9-11-20(24)12-10-19)23(27)26-16-21-8-5-15-28-21/h3-5,7-12,15,22,25H,6,13-14,16-17H2,1-2H3/b7-3-,18-4+,26-23?. The van der Waals surface area contributed by atoms with Crippen LogP contribution >= 0.6 is 22.9 Å². The van der Waals surface area contributed by atoms with Crippen molar-refractivity contribution < 1.29 is 0 Å². The van der Waals surface area contributed by atoms with Crippen LogP contribution in [0.15, 0.2) is 70.6 Å². The number of allylic oxidation sites excluding steroid dienone is 2. The monoisotopic (exact) mass is 413 g/mol. The number of hydrogen-bond donors (Lipinski definition) is 1. The fourth-order valence-corrected chi connectivity index (χ4v) is 4.17. The lowest BCUT2D eigenvalue weighted by atomic mass is 10.0. The first-order valence-corrected chi connectivity index (χ1v) is 11.1. The van der Waals surface area contributed by atoms with Gasteiger partial charge in [-0.2, -0.15) is 0 Å². The Hall–Kier alpha value is -1.88. The normalized spacial score (nSPS) is 20.1. The number of nitrogens with one attached hydrogen (secondary N) is 1. The summed E-state index contributed by atoms with van der Waals surface area (Å²) in [5.41, 5.74) is 2.51. The van der Waals surface area contributed by atoms with Gasteiger partial charge >= 0.3 is 0 Å². The van der Waals surface area contributed by atoms with Crippen LogP contribution in [-0.4, -0.2) is 30.4 Å². The molecule has 0 radical (unpaired) electrons. The van der Waals surface area contributed by atoms with E-state index in [1.165, 1.54) is 16.0 Å². The van der Waals surface area contributed by atoms with E-state index < -0.39 is 0 Å². The van der Waals surface area contributed by atoms with Crippen molar-refractivity contribution >= 4 is 28.8 Å². The van der Waals surface area contributed by atoms with Gasteiger partial charge in [0, 0.05) is 23.0 Å². The Morgan fingerprint density at radius 2 is 2.11 bits per heavy atom. The smallest absolute Gasteiger partial charge is 0.121 e. The Morgan fingerprint density at radius 3 is 2.79 bits per heavy atom. The van der Waals surface area contributed by atoms with Gasteiger partial charge in [-0.15, -0.1) is 11.3 Å². The van der Waals surface area contributed by atoms with Crippen LogP contribution in [-0.2, 0) is 6.54 Å². The molecule has 5 heteroatoms. The quantitative estimate of drug-likeness (QED) is 0.600. The number of hydrogen-bond acceptors (Lipinski definition) is 3. The Balaban J connectivity index is 1.95. The van der Waals surface area contributed by atoms with Crippen LogP contribution < -0.4 is 5.32 Å². The molecule has 3 nitrogen and oxygen atoms in total. The van der Waals surface area contributed by atoms with Gasteiger partial charge in [-0.05, 0) is 61.5 Å². The number of rotatable bonds is 6. The topological polar surface area (TPSA) is 27.6 Å². The first-order valence-electron chi connectivity index (χ1n) is 9.79. The Morgan fingerprint density at radius 1 is 1.29 bits per heavy atom. The summed E-state index contributed by atoms with van der Waals surface area (Å²) in [5.74, 6) is 1.11. The zero-order chi connectivity index (χ0) is 19.8. The van der Waals surface area contributed by atoms with E-state index in [1.54, 1.807) is 11.3 Å². The zero-order valence-corrected chi connectivity index (χ0v) is 18.1. The molecule has 2 heterocycles. The largest absolute Gasteiger partial charge is 0.354 e. The van der Waals surface area contributed by atoms with Gasteiger partial charge in [0.2, 0.25) is 0 Å². The van der Waals surface area contributed by atoms with Gasteiger partial charge in [-0.1, -0.05) is 48.0 Å². The molecule has 1 atom stereocenters. The van der Waals surface area contributed by atoms with Crippen molar-refractivity contribution in [1.29, 1.82) is 0 Å². The lowest BCUT2D eigenvalue weighted by Gasteiger charge is -2.29. The number of amidine groups is 1. The molecule has 0 amide bonds. The lowest BCUT2D eigenvalue weighted by Crippen LogP contribution is -2.39. The predicted molar refractivity (Wildman–Crippen MR) is 122 cm³/mol. The second kappa shape index (κ2) is 10.6. The van der Waals surface area contributed by atoms with Gasteiger partial charge in [0.1, 0.15) is 5.84 Å². The third kappa shape index (κ3) is 5.57. The molecule has 1 aliphatic heterocycles. The molecule has 2 aromatic rings. The highest BCUT2D eigenvalue weighted by molar-refractivity contribution is 7.09. The minimum absolute atomic E-state index is 0.0726. The van der Waals surface area contributed by atoms with Crippen molar-refractivity contribution in [2.75, 3.05) is 19.6 Å². The zero-order valence-electron chi connectivity index (χ0n) is 16.6. The molecule has 0 bridgehead atoms. The molecule has 148 valence electrons. The summed E-state index contributed by atoms with van der Waals surface area (Å²) < 4.78 is 0. The average Bonchev–Trinajstić information content (AvgIpc) is 3.15. The number of benzene rings is 1. The van der Waals surface area contributed by atoms with Crippen LogP contribution in [0, 0.1) is 0 Å². The summed E-state index contributed by atoms with van der Waals surface area (Å²) in [4.78, 5) is 8.82. The van der Waals surface area contributed by atoms with E-state index in [2.05, 4.69) is 71.9 Å². The summed E-state index contributed by atoms with van der Waals surface area (Å²) in [6.07, 6.45) is 7.57. The second-order valence-corrected chi connectivity index (χ2v) is 8.30. The molecule has 0 aliphatic carbocycles. The van der Waals surface area contributed by atoms with Crippen molar-refractivity contribution in [2.24, 2.45) is 4.99 Å². The fourth-order valence-electron chi connectivity index (χ4n) is 3.41. The van der Waals surface area contributed by atoms with E-state index in [9.17, 15) is 0 Å². The molecule has 1 saturated heterocycles. The molecule has 28 heavy (non-hydrogen) atoms. The molecule has 1 aromatic carbocycles. The maximum Gasteiger partial charge on any atom is 0.121 e. The summed E-state index contributed by atoms with van der Waals surface area (Å²) in [6.45, 7) is 7.71. The summed E-state index contributed by atoms with van der Waals surface area (Å²) in [6, 6.07) is 12.4. The molecule has 1 unspecified atom stereocenters. The molecule has 0 saturated carbocycles. The molecule has 1 aromatic heterocycles. The number of nitrogens with zero attached hydrogens (tertiary/aromatic N) is 2. The van der Waals surface area contributed by atoms with E-state index in [1.807, 2.05) is 12.1 Å². The van der Waals surface area contributed by atoms with E-state index in [-0.39, 0.29) is 6.04 Å². The predicted octanol–water partition coefficient (Wildman–Crippen LogP) is 5.86. The highest BCUT2D eigenvalue weighted by Crippen LogP contribution is 2.24. The van der Waals surface area contributed by atoms with Gasteiger partial charge in [-0.3, -0.25) is 4.99 Å². The first kappa shape index (κ1) is 20.8. The van der Waals surface area contributed by atoms with E-state index in [0.29, 0.717) is 6.54 Å². The highest BCUT2D eigenvalue weighted by Gasteiger charge is 2.26. The van der Waals surface area contributed by atoms with Gasteiger partial charge < -0.3 is 10.2 Å². The fraction of sp³-hybridized carbons (Fsp3) is 0.348. The SMILES string of the molecule is C/C=C\C(=C/C)CN1CCCNC(c2ccc(Cl)cc2)C1=NCc1cccs1. The average molecular weight is 414 g/mol. The van der Waals surface area contributed by atoms with Crippen LogP contribution in [0.4, 0.5) is 0 Å². The van der Waals surface area contributed by atoms with Crippen LogP contribution in [0.25, 0.3) is 0 Å². The molecular formula is C23H28ClN3S. The lowest BCUT2D eigenvalue weighted by molar-refractivity contribution is 0.448. The van der Waals surface area contributed by atoms with E-state index >= 15 is 0 Å². The first-order chi connectivity index (χ1) is 13.7. The van der Waals surface area contributed by atoms with Crippen LogP contribution in [0.2, 0.25) is 5.02 Å². The van der Waals surface area contributed by atoms with Crippen molar-refractivity contribution in [3.05, 3.63) is 81.0 Å². The van der Waals surface area contributed by atoms with Crippen molar-refractivity contribution in [2.45, 2.75) is 32.9 Å². The minimum Gasteiger partial charge on any atom is -0.354 e. The second-order valence-electron chi connectivity index (χ2n) is 6.83. The third-order valence-electron chi connectivity index (χ3n) is 4.84. The van der Waals surface area contributed by atoms with Gasteiger partial charge in [0.05, 0.1) is 12.6 Å². The van der Waals surface area contributed by atoms with Crippen molar-refractivity contribution in [3.8, 4) is 0 Å². The Labute approximate surface area is 177 Å². The Bertz CT molecular complexity index is 822. The molecular weight excluding hydrogens is 386 g/mol. The number of aliphatic imine (C=N–C) groups is 1. The van der Waals surface area contributed by atoms with Gasteiger partial charge in [-0.25, -0.2) is 0 Å². The molecule has 1 N–H and O–H groups in total. The van der Waals surface area contributed by atoms with Crippen LogP contribution in [0.5, 0.6) is 0 Å². The highest BCUT2D eigenvalue weighted by atomic mass is 35.5. The maximum absolute atomic E-state index is 6.12. The summed E-state index contributed by atoms with van der Waals surface area (Å²) >= 11 is 7.88. The number of thiophene rings is 1. The van der Waals surface area contributed by atoms with Gasteiger partial charge in [0.25, 0.3) is 0 Å². The van der Waals surface area contributed by atoms with Crippen molar-refractivity contribution in [3.63, 3.8) is 0 Å². The maximum atomic E-state index is 6.12. The third-order valence-corrected chi connectivity index (χ3v) is 5.95. The summed E-state index contributed by atoms with van der Waals surface area (Å²) in [5, 5.41) is 6.57. The Kier molecular flexibility index (Phi) is 7.90. The molecule has 0 spiro atoms. The van der Waals surface area contributed by atoms with Crippen molar-refractivity contribution in [1.82, 2.24) is 10.2 Å². The van der Waals surface area contributed by atoms with Crippen LogP contribution in [0.1, 0.15) is 36.8 Å². The number of halogens is 1. The van der Waals surface area contributed by atoms with Crippen LogP contribution in [0.3, 0.4) is 0 Å². The van der Waals surface area contributed by atoms with Gasteiger partial charge in [0.15, 0.2) is 0 Å². The molecule has 1 fully saturated rings. The molecule has 1 aliphatic rings. The van der Waals surface area contributed by atoms with E-state index in [4.69, 9.17) is 16.6 Å². The van der Waals surface area contributed by atoms with E-state index in [0.717, 1.165) is 36.9 Å². The molecule has 3 rings (SSSR count).